The molecule has 3 rings (SSSR count). The molecule has 1 aromatic heterocycles. The smallest absolute Gasteiger partial charge is 0.261 e. The van der Waals surface area contributed by atoms with Crippen molar-refractivity contribution in [3.63, 3.8) is 0 Å². The van der Waals surface area contributed by atoms with E-state index in [4.69, 9.17) is 14.2 Å². The molecule has 0 fully saturated rings. The van der Waals surface area contributed by atoms with Crippen molar-refractivity contribution in [2.75, 3.05) is 26.6 Å². The summed E-state index contributed by atoms with van der Waals surface area (Å²) in [5, 5.41) is 3.41. The average Bonchev–Trinajstić information content (AvgIpc) is 3.12. The standard InChI is InChI=1S/C21H24N2O4S/c1-5-6-7-13-8-10-15-17(12-13)28-21(22-15)23-20(24)14-9-11-16(25-2)19(27-4)18(14)26-3/h8-12H,5-7H2,1-4H3,(H,22,23,24). The normalized spacial score (nSPS) is 10.7. The van der Waals surface area contributed by atoms with E-state index in [9.17, 15) is 4.79 Å². The highest BCUT2D eigenvalue weighted by Crippen LogP contribution is 2.40. The highest BCUT2D eigenvalue weighted by Gasteiger charge is 2.21. The number of amides is 1. The van der Waals surface area contributed by atoms with E-state index in [1.807, 2.05) is 6.07 Å². The molecule has 3 aromatic rings. The summed E-state index contributed by atoms with van der Waals surface area (Å²) in [6.45, 7) is 2.18. The average molecular weight is 401 g/mol. The first kappa shape index (κ1) is 19.9. The third-order valence-corrected chi connectivity index (χ3v) is 5.37. The van der Waals surface area contributed by atoms with E-state index in [1.54, 1.807) is 12.1 Å². The molecule has 0 unspecified atom stereocenters. The van der Waals surface area contributed by atoms with Crippen molar-refractivity contribution >= 4 is 32.6 Å². The fraction of sp³-hybridized carbons (Fsp3) is 0.333. The lowest BCUT2D eigenvalue weighted by Gasteiger charge is -2.15. The van der Waals surface area contributed by atoms with Crippen LogP contribution < -0.4 is 19.5 Å². The van der Waals surface area contributed by atoms with Crippen LogP contribution in [0.4, 0.5) is 5.13 Å². The first-order chi connectivity index (χ1) is 13.6. The molecule has 0 atom stereocenters. The minimum atomic E-state index is -0.317. The van der Waals surface area contributed by atoms with Gasteiger partial charge in [0.2, 0.25) is 5.75 Å². The van der Waals surface area contributed by atoms with Gasteiger partial charge in [-0.1, -0.05) is 30.7 Å². The number of anilines is 1. The molecule has 2 aromatic carbocycles. The van der Waals surface area contributed by atoms with E-state index in [2.05, 4.69) is 29.4 Å². The summed E-state index contributed by atoms with van der Waals surface area (Å²) < 4.78 is 17.1. The Morgan fingerprint density at radius 3 is 2.54 bits per heavy atom. The number of hydrogen-bond donors (Lipinski definition) is 1. The van der Waals surface area contributed by atoms with Gasteiger partial charge in [0.05, 0.1) is 37.1 Å². The van der Waals surface area contributed by atoms with Crippen molar-refractivity contribution in [3.8, 4) is 17.2 Å². The van der Waals surface area contributed by atoms with E-state index >= 15 is 0 Å². The van der Waals surface area contributed by atoms with Gasteiger partial charge in [0.25, 0.3) is 5.91 Å². The summed E-state index contributed by atoms with van der Waals surface area (Å²) in [7, 11) is 4.53. The number of aromatic nitrogens is 1. The van der Waals surface area contributed by atoms with Crippen molar-refractivity contribution in [1.82, 2.24) is 4.98 Å². The molecule has 0 saturated heterocycles. The first-order valence-electron chi connectivity index (χ1n) is 9.11. The highest BCUT2D eigenvalue weighted by molar-refractivity contribution is 7.22. The van der Waals surface area contributed by atoms with Crippen LogP contribution in [-0.2, 0) is 6.42 Å². The minimum Gasteiger partial charge on any atom is -0.493 e. The van der Waals surface area contributed by atoms with Crippen molar-refractivity contribution in [3.05, 3.63) is 41.5 Å². The van der Waals surface area contributed by atoms with Crippen LogP contribution in [0, 0.1) is 0 Å². The fourth-order valence-corrected chi connectivity index (χ4v) is 3.93. The molecule has 0 radical (unpaired) electrons. The number of carbonyl (C=O) groups excluding carboxylic acids is 1. The molecule has 1 N–H and O–H groups in total. The van der Waals surface area contributed by atoms with E-state index in [-0.39, 0.29) is 5.91 Å². The number of fused-ring (bicyclic) bond motifs is 1. The lowest BCUT2D eigenvalue weighted by molar-refractivity contribution is 0.102. The number of rotatable bonds is 8. The Morgan fingerprint density at radius 2 is 1.86 bits per heavy atom. The number of nitrogens with one attached hydrogen (secondary N) is 1. The molecule has 0 aliphatic heterocycles. The quantitative estimate of drug-likeness (QED) is 0.581. The van der Waals surface area contributed by atoms with Gasteiger partial charge >= 0.3 is 0 Å². The third-order valence-electron chi connectivity index (χ3n) is 4.44. The number of benzene rings is 2. The Kier molecular flexibility index (Phi) is 6.36. The maximum atomic E-state index is 12.8. The van der Waals surface area contributed by atoms with Gasteiger partial charge in [-0.3, -0.25) is 10.1 Å². The van der Waals surface area contributed by atoms with Crippen molar-refractivity contribution in [1.29, 1.82) is 0 Å². The maximum absolute atomic E-state index is 12.8. The number of aryl methyl sites for hydroxylation is 1. The molecule has 148 valence electrons. The Hall–Kier alpha value is -2.80. The molecule has 0 aliphatic carbocycles. The second-order valence-corrected chi connectivity index (χ2v) is 7.29. The largest absolute Gasteiger partial charge is 0.493 e. The number of ether oxygens (including phenoxy) is 3. The molecule has 1 heterocycles. The Labute approximate surface area is 168 Å². The van der Waals surface area contributed by atoms with Gasteiger partial charge in [0, 0.05) is 0 Å². The second kappa shape index (κ2) is 8.93. The summed E-state index contributed by atoms with van der Waals surface area (Å²) in [5.74, 6) is 0.878. The lowest BCUT2D eigenvalue weighted by atomic mass is 10.1. The number of hydrogen-bond acceptors (Lipinski definition) is 6. The molecular weight excluding hydrogens is 376 g/mol. The number of nitrogens with zero attached hydrogens (tertiary/aromatic N) is 1. The zero-order valence-corrected chi connectivity index (χ0v) is 17.3. The summed E-state index contributed by atoms with van der Waals surface area (Å²) in [4.78, 5) is 17.3. The number of thiazole rings is 1. The van der Waals surface area contributed by atoms with Gasteiger partial charge in [-0.2, -0.15) is 0 Å². The monoisotopic (exact) mass is 400 g/mol. The van der Waals surface area contributed by atoms with Crippen molar-refractivity contribution in [2.24, 2.45) is 0 Å². The molecule has 1 amide bonds. The van der Waals surface area contributed by atoms with Gasteiger partial charge < -0.3 is 14.2 Å². The number of carbonyl (C=O) groups is 1. The summed E-state index contributed by atoms with van der Waals surface area (Å²) in [6.07, 6.45) is 3.37. The van der Waals surface area contributed by atoms with Crippen LogP contribution in [-0.4, -0.2) is 32.2 Å². The van der Waals surface area contributed by atoms with E-state index in [0.29, 0.717) is 27.9 Å². The van der Waals surface area contributed by atoms with Gasteiger partial charge in [-0.15, -0.1) is 0 Å². The fourth-order valence-electron chi connectivity index (χ4n) is 3.00. The second-order valence-electron chi connectivity index (χ2n) is 6.26. The van der Waals surface area contributed by atoms with Gasteiger partial charge in [0.15, 0.2) is 16.6 Å². The number of unbranched alkanes of at least 4 members (excludes halogenated alkanes) is 1. The highest BCUT2D eigenvalue weighted by atomic mass is 32.1. The van der Waals surface area contributed by atoms with Gasteiger partial charge in [-0.25, -0.2) is 4.98 Å². The number of methoxy groups -OCH3 is 3. The van der Waals surface area contributed by atoms with E-state index in [0.717, 1.165) is 29.5 Å². The zero-order valence-electron chi connectivity index (χ0n) is 16.5. The van der Waals surface area contributed by atoms with Crippen LogP contribution in [0.5, 0.6) is 17.2 Å². The molecule has 0 aliphatic rings. The Bertz CT molecular complexity index is 984. The topological polar surface area (TPSA) is 69.7 Å². The molecule has 0 bridgehead atoms. The molecule has 7 heteroatoms. The van der Waals surface area contributed by atoms with Crippen LogP contribution in [0.15, 0.2) is 30.3 Å². The van der Waals surface area contributed by atoms with E-state index < -0.39 is 0 Å². The summed E-state index contributed by atoms with van der Waals surface area (Å²) in [6, 6.07) is 9.57. The third kappa shape index (κ3) is 4.04. The van der Waals surface area contributed by atoms with E-state index in [1.165, 1.54) is 38.2 Å². The zero-order chi connectivity index (χ0) is 20.1. The molecular formula is C21H24N2O4S. The van der Waals surface area contributed by atoms with Gasteiger partial charge in [0.1, 0.15) is 0 Å². The molecule has 6 nitrogen and oxygen atoms in total. The Morgan fingerprint density at radius 1 is 1.07 bits per heavy atom. The molecule has 28 heavy (non-hydrogen) atoms. The van der Waals surface area contributed by atoms with Gasteiger partial charge in [-0.05, 0) is 42.7 Å². The Balaban J connectivity index is 1.86. The first-order valence-corrected chi connectivity index (χ1v) is 9.92. The van der Waals surface area contributed by atoms with Crippen molar-refractivity contribution in [2.45, 2.75) is 26.2 Å². The SMILES string of the molecule is CCCCc1ccc2nc(NC(=O)c3ccc(OC)c(OC)c3OC)sc2c1. The lowest BCUT2D eigenvalue weighted by Crippen LogP contribution is -2.13. The maximum Gasteiger partial charge on any atom is 0.261 e. The molecule has 0 spiro atoms. The van der Waals surface area contributed by atoms with Crippen LogP contribution in [0.3, 0.4) is 0 Å². The predicted octanol–water partition coefficient (Wildman–Crippen LogP) is 4.92. The summed E-state index contributed by atoms with van der Waals surface area (Å²) >= 11 is 1.46. The van der Waals surface area contributed by atoms with Crippen LogP contribution in [0.25, 0.3) is 10.2 Å². The summed E-state index contributed by atoms with van der Waals surface area (Å²) in [5.41, 5.74) is 2.51. The van der Waals surface area contributed by atoms with Crippen LogP contribution in [0.2, 0.25) is 0 Å². The minimum absolute atomic E-state index is 0.317. The van der Waals surface area contributed by atoms with Crippen LogP contribution in [0.1, 0.15) is 35.7 Å². The van der Waals surface area contributed by atoms with Crippen molar-refractivity contribution < 1.29 is 19.0 Å². The predicted molar refractivity (Wildman–Crippen MR) is 112 cm³/mol. The molecule has 0 saturated carbocycles. The van der Waals surface area contributed by atoms with Crippen LogP contribution >= 0.6 is 11.3 Å².